The predicted octanol–water partition coefficient (Wildman–Crippen LogP) is 1.88. The van der Waals surface area contributed by atoms with Crippen molar-refractivity contribution in [2.24, 2.45) is 0 Å². The van der Waals surface area contributed by atoms with Gasteiger partial charge >= 0.3 is 0 Å². The van der Waals surface area contributed by atoms with E-state index >= 15 is 0 Å². The molecule has 1 atom stereocenters. The van der Waals surface area contributed by atoms with Crippen molar-refractivity contribution in [3.05, 3.63) is 65.9 Å². The fourth-order valence-corrected chi connectivity index (χ4v) is 5.26. The molecule has 3 aromatic rings. The summed E-state index contributed by atoms with van der Waals surface area (Å²) in [4.78, 5) is 14.1. The Kier molecular flexibility index (Phi) is 4.29. The Bertz CT molecular complexity index is 1120. The minimum atomic E-state index is -3.73. The van der Waals surface area contributed by atoms with E-state index < -0.39 is 16.1 Å². The van der Waals surface area contributed by atoms with Gasteiger partial charge in [-0.1, -0.05) is 0 Å². The number of aromatic nitrogens is 2. The minimum absolute atomic E-state index is 0.106. The Hall–Kier alpha value is -2.91. The van der Waals surface area contributed by atoms with Crippen molar-refractivity contribution in [3.63, 3.8) is 0 Å². The summed E-state index contributed by atoms with van der Waals surface area (Å²) in [5.41, 5.74) is 2.76. The van der Waals surface area contributed by atoms with Crippen LogP contribution in [0.5, 0.6) is 0 Å². The third kappa shape index (κ3) is 3.16. The largest absolute Gasteiger partial charge is 0.467 e. The van der Waals surface area contributed by atoms with Crippen LogP contribution in [0, 0.1) is 0 Å². The van der Waals surface area contributed by atoms with Crippen LogP contribution in [0.2, 0.25) is 0 Å². The van der Waals surface area contributed by atoms with Gasteiger partial charge in [0.2, 0.25) is 15.9 Å². The summed E-state index contributed by atoms with van der Waals surface area (Å²) in [6, 6.07) is 8.33. The lowest BCUT2D eigenvalue weighted by atomic mass is 10.00. The number of nitrogens with one attached hydrogen (secondary N) is 1. The fraction of sp³-hybridized carbons (Fsp3) is 0.300. The highest BCUT2D eigenvalue weighted by Gasteiger charge is 2.33. The Labute approximate surface area is 168 Å². The second-order valence-electron chi connectivity index (χ2n) is 7.25. The molecule has 4 heterocycles. The topological polar surface area (TPSA) is 97.4 Å². The molecule has 8 nitrogen and oxygen atoms in total. The molecule has 2 aliphatic heterocycles. The number of aryl methyl sites for hydroxylation is 1. The monoisotopic (exact) mass is 412 g/mol. The molecule has 0 fully saturated rings. The van der Waals surface area contributed by atoms with Gasteiger partial charge in [0.1, 0.15) is 11.8 Å². The molecule has 150 valence electrons. The molecule has 29 heavy (non-hydrogen) atoms. The van der Waals surface area contributed by atoms with Crippen molar-refractivity contribution < 1.29 is 17.6 Å². The average molecular weight is 412 g/mol. The van der Waals surface area contributed by atoms with Crippen molar-refractivity contribution in [3.8, 4) is 0 Å². The van der Waals surface area contributed by atoms with Gasteiger partial charge in [0.25, 0.3) is 0 Å². The van der Waals surface area contributed by atoms with Crippen molar-refractivity contribution in [2.75, 3.05) is 18.0 Å². The number of hydrogen-bond acceptors (Lipinski definition) is 5. The molecule has 1 aromatic carbocycles. The number of carbonyl (C=O) groups is 1. The van der Waals surface area contributed by atoms with Gasteiger partial charge in [-0.15, -0.1) is 0 Å². The Morgan fingerprint density at radius 2 is 2.00 bits per heavy atom. The van der Waals surface area contributed by atoms with E-state index in [9.17, 15) is 13.2 Å². The first-order chi connectivity index (χ1) is 14.0. The average Bonchev–Trinajstić information content (AvgIpc) is 3.46. The number of rotatable bonds is 6. The molecule has 1 N–H and O–H groups in total. The third-order valence-corrected chi connectivity index (χ3v) is 6.92. The highest BCUT2D eigenvalue weighted by molar-refractivity contribution is 7.89. The van der Waals surface area contributed by atoms with E-state index in [0.29, 0.717) is 31.6 Å². The van der Waals surface area contributed by atoms with Crippen molar-refractivity contribution in [1.29, 1.82) is 0 Å². The molecule has 5 rings (SSSR count). The molecule has 0 saturated heterocycles. The van der Waals surface area contributed by atoms with Crippen LogP contribution >= 0.6 is 0 Å². The molecular formula is C20H20N4O4S. The molecule has 0 bridgehead atoms. The lowest BCUT2D eigenvalue weighted by molar-refractivity contribution is -0.118. The summed E-state index contributed by atoms with van der Waals surface area (Å²) in [5, 5.41) is 4.23. The second kappa shape index (κ2) is 6.85. The van der Waals surface area contributed by atoms with Gasteiger partial charge in [-0.25, -0.2) is 13.1 Å². The SMILES string of the molecule is O=C1CCc2cc(S(=O)(=O)NCC(c3ccco3)n3cccn3)cc3c2N1CC3. The first-order valence-corrected chi connectivity index (χ1v) is 11.0. The van der Waals surface area contributed by atoms with Crippen LogP contribution in [0.25, 0.3) is 0 Å². The van der Waals surface area contributed by atoms with Crippen molar-refractivity contribution in [1.82, 2.24) is 14.5 Å². The number of furan rings is 1. The van der Waals surface area contributed by atoms with E-state index in [-0.39, 0.29) is 17.3 Å². The molecule has 0 saturated carbocycles. The lowest BCUT2D eigenvalue weighted by Gasteiger charge is -2.25. The molecule has 0 aliphatic carbocycles. The van der Waals surface area contributed by atoms with Crippen LogP contribution in [0.3, 0.4) is 0 Å². The highest BCUT2D eigenvalue weighted by Crippen LogP contribution is 2.38. The molecular weight excluding hydrogens is 392 g/mol. The number of hydrogen-bond donors (Lipinski definition) is 1. The summed E-state index contributed by atoms with van der Waals surface area (Å²) in [7, 11) is -3.73. The van der Waals surface area contributed by atoms with Gasteiger partial charge in [0.15, 0.2) is 0 Å². The molecule has 0 spiro atoms. The van der Waals surface area contributed by atoms with Gasteiger partial charge < -0.3 is 9.32 Å². The molecule has 1 unspecified atom stereocenters. The first-order valence-electron chi connectivity index (χ1n) is 9.51. The van der Waals surface area contributed by atoms with Crippen LogP contribution in [-0.4, -0.2) is 37.2 Å². The first kappa shape index (κ1) is 18.1. The van der Waals surface area contributed by atoms with E-state index in [1.807, 2.05) is 0 Å². The maximum absolute atomic E-state index is 13.1. The number of benzene rings is 1. The van der Waals surface area contributed by atoms with Gasteiger partial charge in [-0.2, -0.15) is 5.10 Å². The standard InChI is InChI=1S/C20H20N4O4S/c25-19-5-4-14-11-16(12-15-6-9-23(19)20(14)15)29(26,27)22-13-17(18-3-1-10-28-18)24-8-2-7-21-24/h1-3,7-8,10-12,17,22H,4-6,9,13H2. The summed E-state index contributed by atoms with van der Waals surface area (Å²) in [6.07, 6.45) is 6.64. The third-order valence-electron chi connectivity index (χ3n) is 5.52. The van der Waals surface area contributed by atoms with Crippen LogP contribution in [0.15, 0.2) is 58.3 Å². The van der Waals surface area contributed by atoms with Crippen LogP contribution in [0.1, 0.15) is 29.3 Å². The zero-order valence-corrected chi connectivity index (χ0v) is 16.4. The summed E-state index contributed by atoms with van der Waals surface area (Å²) >= 11 is 0. The maximum atomic E-state index is 13.1. The van der Waals surface area contributed by atoms with Crippen molar-refractivity contribution in [2.45, 2.75) is 30.2 Å². The number of amides is 1. The Balaban J connectivity index is 1.43. The molecule has 9 heteroatoms. The second-order valence-corrected chi connectivity index (χ2v) is 9.02. The summed E-state index contributed by atoms with van der Waals surface area (Å²) in [6.45, 7) is 0.729. The summed E-state index contributed by atoms with van der Waals surface area (Å²) in [5.74, 6) is 0.736. The highest BCUT2D eigenvalue weighted by atomic mass is 32.2. The van der Waals surface area contributed by atoms with E-state index in [1.54, 1.807) is 58.6 Å². The normalized spacial score (nSPS) is 16.8. The molecule has 0 radical (unpaired) electrons. The van der Waals surface area contributed by atoms with E-state index in [0.717, 1.165) is 16.8 Å². The zero-order chi connectivity index (χ0) is 20.0. The van der Waals surface area contributed by atoms with Crippen LogP contribution < -0.4 is 9.62 Å². The number of carbonyl (C=O) groups excluding carboxylic acids is 1. The molecule has 2 aliphatic rings. The van der Waals surface area contributed by atoms with E-state index in [4.69, 9.17) is 4.42 Å². The van der Waals surface area contributed by atoms with Crippen molar-refractivity contribution >= 4 is 21.6 Å². The van der Waals surface area contributed by atoms with Gasteiger partial charge in [-0.3, -0.25) is 9.48 Å². The van der Waals surface area contributed by atoms with Crippen LogP contribution in [0.4, 0.5) is 5.69 Å². The fourth-order valence-electron chi connectivity index (χ4n) is 4.12. The molecule has 2 aromatic heterocycles. The van der Waals surface area contributed by atoms with Gasteiger partial charge in [-0.05, 0) is 54.3 Å². The number of nitrogens with zero attached hydrogens (tertiary/aromatic N) is 3. The van der Waals surface area contributed by atoms with E-state index in [1.165, 1.54) is 0 Å². The lowest BCUT2D eigenvalue weighted by Crippen LogP contribution is -2.33. The van der Waals surface area contributed by atoms with E-state index in [2.05, 4.69) is 9.82 Å². The molecule has 1 amide bonds. The smallest absolute Gasteiger partial charge is 0.240 e. The van der Waals surface area contributed by atoms with Crippen LogP contribution in [-0.2, 0) is 27.7 Å². The van der Waals surface area contributed by atoms with Gasteiger partial charge in [0.05, 0.1) is 16.8 Å². The summed E-state index contributed by atoms with van der Waals surface area (Å²) < 4.78 is 36.0. The minimum Gasteiger partial charge on any atom is -0.467 e. The number of anilines is 1. The maximum Gasteiger partial charge on any atom is 0.240 e. The number of sulfonamides is 1. The predicted molar refractivity (Wildman–Crippen MR) is 105 cm³/mol. The quantitative estimate of drug-likeness (QED) is 0.667. The zero-order valence-electron chi connectivity index (χ0n) is 15.6. The Morgan fingerprint density at radius 1 is 1.17 bits per heavy atom. The Morgan fingerprint density at radius 3 is 2.72 bits per heavy atom. The van der Waals surface area contributed by atoms with Gasteiger partial charge in [0, 0.05) is 31.9 Å².